The van der Waals surface area contributed by atoms with Crippen LogP contribution in [0.5, 0.6) is 0 Å². The lowest BCUT2D eigenvalue weighted by Crippen LogP contribution is -2.37. The van der Waals surface area contributed by atoms with Crippen molar-refractivity contribution in [3.63, 3.8) is 0 Å². The first-order valence-corrected chi connectivity index (χ1v) is 10.1. The molecule has 0 aliphatic carbocycles. The van der Waals surface area contributed by atoms with E-state index in [2.05, 4.69) is 39.8 Å². The summed E-state index contributed by atoms with van der Waals surface area (Å²) >= 11 is 1.52. The molecule has 1 fully saturated rings. The van der Waals surface area contributed by atoms with Crippen LogP contribution in [0.25, 0.3) is 0 Å². The number of amides is 2. The van der Waals surface area contributed by atoms with E-state index in [1.807, 2.05) is 25.1 Å². The summed E-state index contributed by atoms with van der Waals surface area (Å²) in [6, 6.07) is 16.1. The molecule has 2 aromatic rings. The van der Waals surface area contributed by atoms with Crippen LogP contribution in [0.3, 0.4) is 0 Å². The normalized spacial score (nSPS) is 22.2. The topological polar surface area (TPSA) is 61.4 Å². The number of fused-ring (bicyclic) bond motifs is 1. The van der Waals surface area contributed by atoms with Gasteiger partial charge in [-0.15, -0.1) is 11.8 Å². The quantitative estimate of drug-likeness (QED) is 0.854. The first-order chi connectivity index (χ1) is 13.1. The number of hydrogen-bond donors (Lipinski definition) is 2. The van der Waals surface area contributed by atoms with E-state index in [0.717, 1.165) is 36.6 Å². The van der Waals surface area contributed by atoms with Crippen molar-refractivity contribution < 1.29 is 9.59 Å². The Bertz CT molecular complexity index is 856. The number of carbonyl (C=O) groups excluding carboxylic acids is 2. The molecule has 0 radical (unpaired) electrons. The van der Waals surface area contributed by atoms with Gasteiger partial charge in [0.1, 0.15) is 0 Å². The molecule has 6 heteroatoms. The van der Waals surface area contributed by atoms with Crippen molar-refractivity contribution in [3.05, 3.63) is 59.7 Å². The number of rotatable bonds is 4. The van der Waals surface area contributed by atoms with E-state index in [-0.39, 0.29) is 23.1 Å². The molecule has 2 unspecified atom stereocenters. The van der Waals surface area contributed by atoms with E-state index in [9.17, 15) is 9.59 Å². The standard InChI is InChI=1S/C21H23N3O2S/c1-14-20(25)23-18-11-16(7-8-19(18)27-14)21(26)22-17-9-10-24(13-17)12-15-5-3-2-4-6-15/h2-8,11,14,17H,9-10,12-13H2,1H3,(H,22,26)(H,23,25). The Labute approximate surface area is 163 Å². The molecule has 0 saturated carbocycles. The van der Waals surface area contributed by atoms with Crippen molar-refractivity contribution in [2.75, 3.05) is 18.4 Å². The van der Waals surface area contributed by atoms with Crippen LogP contribution < -0.4 is 10.6 Å². The van der Waals surface area contributed by atoms with Crippen LogP contribution in [0.1, 0.15) is 29.3 Å². The fourth-order valence-corrected chi connectivity index (χ4v) is 4.48. The Morgan fingerprint density at radius 3 is 2.89 bits per heavy atom. The third kappa shape index (κ3) is 4.17. The van der Waals surface area contributed by atoms with E-state index >= 15 is 0 Å². The van der Waals surface area contributed by atoms with Crippen LogP contribution in [-0.4, -0.2) is 41.1 Å². The molecule has 1 saturated heterocycles. The third-order valence-corrected chi connectivity index (χ3v) is 6.21. The van der Waals surface area contributed by atoms with Crippen LogP contribution >= 0.6 is 11.8 Å². The summed E-state index contributed by atoms with van der Waals surface area (Å²) < 4.78 is 0. The third-order valence-electron chi connectivity index (χ3n) is 5.03. The van der Waals surface area contributed by atoms with Crippen molar-refractivity contribution >= 4 is 29.3 Å². The zero-order chi connectivity index (χ0) is 18.8. The zero-order valence-corrected chi connectivity index (χ0v) is 16.1. The maximum atomic E-state index is 12.6. The summed E-state index contributed by atoms with van der Waals surface area (Å²) in [7, 11) is 0. The molecule has 0 bridgehead atoms. The second-order valence-electron chi connectivity index (χ2n) is 7.14. The molecular weight excluding hydrogens is 358 g/mol. The predicted molar refractivity (Wildman–Crippen MR) is 108 cm³/mol. The highest BCUT2D eigenvalue weighted by molar-refractivity contribution is 8.00. The molecule has 5 nitrogen and oxygen atoms in total. The Morgan fingerprint density at radius 2 is 2.07 bits per heavy atom. The van der Waals surface area contributed by atoms with Gasteiger partial charge in [0.15, 0.2) is 0 Å². The van der Waals surface area contributed by atoms with E-state index in [0.29, 0.717) is 5.56 Å². The predicted octanol–water partition coefficient (Wildman–Crippen LogP) is 3.12. The van der Waals surface area contributed by atoms with Crippen molar-refractivity contribution in [2.45, 2.75) is 36.1 Å². The average Bonchev–Trinajstić information content (AvgIpc) is 3.10. The van der Waals surface area contributed by atoms with Gasteiger partial charge >= 0.3 is 0 Å². The fraction of sp³-hybridized carbons (Fsp3) is 0.333. The van der Waals surface area contributed by atoms with Crippen LogP contribution in [-0.2, 0) is 11.3 Å². The van der Waals surface area contributed by atoms with Gasteiger partial charge in [-0.05, 0) is 37.1 Å². The largest absolute Gasteiger partial charge is 0.348 e. The second kappa shape index (κ2) is 7.74. The minimum Gasteiger partial charge on any atom is -0.348 e. The highest BCUT2D eigenvalue weighted by Crippen LogP contribution is 2.35. The summed E-state index contributed by atoms with van der Waals surface area (Å²) in [5.41, 5.74) is 2.61. The average molecular weight is 382 g/mol. The lowest BCUT2D eigenvalue weighted by Gasteiger charge is -2.22. The molecule has 2 aliphatic rings. The Balaban J connectivity index is 1.36. The summed E-state index contributed by atoms with van der Waals surface area (Å²) in [5.74, 6) is -0.0976. The van der Waals surface area contributed by atoms with Gasteiger partial charge in [0.2, 0.25) is 5.91 Å². The van der Waals surface area contributed by atoms with E-state index in [4.69, 9.17) is 0 Å². The molecule has 2 N–H and O–H groups in total. The van der Waals surface area contributed by atoms with Crippen LogP contribution in [0.2, 0.25) is 0 Å². The van der Waals surface area contributed by atoms with Gasteiger partial charge in [0.05, 0.1) is 10.9 Å². The zero-order valence-electron chi connectivity index (χ0n) is 15.3. The molecule has 4 rings (SSSR count). The number of thioether (sulfide) groups is 1. The summed E-state index contributed by atoms with van der Waals surface area (Å²) in [6.45, 7) is 4.63. The Hall–Kier alpha value is -2.31. The molecule has 2 aliphatic heterocycles. The van der Waals surface area contributed by atoms with Gasteiger partial charge in [-0.3, -0.25) is 14.5 Å². The molecule has 2 aromatic carbocycles. The Kier molecular flexibility index (Phi) is 5.18. The monoisotopic (exact) mass is 381 g/mol. The van der Waals surface area contributed by atoms with Crippen LogP contribution in [0.4, 0.5) is 5.69 Å². The lowest BCUT2D eigenvalue weighted by molar-refractivity contribution is -0.115. The first-order valence-electron chi connectivity index (χ1n) is 9.27. The fourth-order valence-electron chi connectivity index (χ4n) is 3.55. The number of anilines is 1. The number of hydrogen-bond acceptors (Lipinski definition) is 4. The molecule has 2 amide bonds. The first kappa shape index (κ1) is 18.1. The van der Waals surface area contributed by atoms with Crippen LogP contribution in [0.15, 0.2) is 53.4 Å². The number of nitrogens with one attached hydrogen (secondary N) is 2. The molecule has 140 valence electrons. The highest BCUT2D eigenvalue weighted by Gasteiger charge is 2.26. The molecule has 2 heterocycles. The Morgan fingerprint density at radius 1 is 1.26 bits per heavy atom. The highest BCUT2D eigenvalue weighted by atomic mass is 32.2. The molecule has 0 spiro atoms. The van der Waals surface area contributed by atoms with Crippen molar-refractivity contribution in [2.24, 2.45) is 0 Å². The minimum atomic E-state index is -0.105. The summed E-state index contributed by atoms with van der Waals surface area (Å²) in [4.78, 5) is 27.9. The second-order valence-corrected chi connectivity index (χ2v) is 8.52. The maximum absolute atomic E-state index is 12.6. The molecular formula is C21H23N3O2S. The van der Waals surface area contributed by atoms with Gasteiger partial charge in [-0.25, -0.2) is 0 Å². The number of carbonyl (C=O) groups is 2. The summed E-state index contributed by atoms with van der Waals surface area (Å²) in [6.07, 6.45) is 0.952. The van der Waals surface area contributed by atoms with Gasteiger partial charge in [0.25, 0.3) is 5.91 Å². The van der Waals surface area contributed by atoms with Gasteiger partial charge in [-0.2, -0.15) is 0 Å². The number of nitrogens with zero attached hydrogens (tertiary/aromatic N) is 1. The van der Waals surface area contributed by atoms with Crippen molar-refractivity contribution in [1.82, 2.24) is 10.2 Å². The van der Waals surface area contributed by atoms with Crippen molar-refractivity contribution in [3.8, 4) is 0 Å². The number of likely N-dealkylation sites (tertiary alicyclic amines) is 1. The molecule has 27 heavy (non-hydrogen) atoms. The molecule has 2 atom stereocenters. The van der Waals surface area contributed by atoms with Gasteiger partial charge in [0, 0.05) is 36.1 Å². The van der Waals surface area contributed by atoms with E-state index < -0.39 is 0 Å². The summed E-state index contributed by atoms with van der Waals surface area (Å²) in [5, 5.41) is 5.92. The lowest BCUT2D eigenvalue weighted by atomic mass is 10.1. The SMILES string of the molecule is CC1Sc2ccc(C(=O)NC3CCN(Cc4ccccc4)C3)cc2NC1=O. The minimum absolute atomic E-state index is 0.0163. The van der Waals surface area contributed by atoms with E-state index in [1.165, 1.54) is 17.3 Å². The maximum Gasteiger partial charge on any atom is 0.251 e. The molecule has 0 aromatic heterocycles. The van der Waals surface area contributed by atoms with E-state index in [1.54, 1.807) is 6.07 Å². The number of benzene rings is 2. The van der Waals surface area contributed by atoms with Crippen LogP contribution in [0, 0.1) is 0 Å². The van der Waals surface area contributed by atoms with Gasteiger partial charge < -0.3 is 10.6 Å². The smallest absolute Gasteiger partial charge is 0.251 e. The van der Waals surface area contributed by atoms with Gasteiger partial charge in [-0.1, -0.05) is 30.3 Å². The van der Waals surface area contributed by atoms with Crippen molar-refractivity contribution in [1.29, 1.82) is 0 Å².